The second-order valence-electron chi connectivity index (χ2n) is 6.47. The number of carbonyl (C=O) groups excluding carboxylic acids is 1. The molecule has 5 nitrogen and oxygen atoms in total. The third kappa shape index (κ3) is 2.61. The summed E-state index contributed by atoms with van der Waals surface area (Å²) in [6.07, 6.45) is 0. The van der Waals surface area contributed by atoms with Crippen molar-refractivity contribution >= 4 is 21.7 Å². The van der Waals surface area contributed by atoms with Gasteiger partial charge in [-0.25, -0.2) is 4.79 Å². The van der Waals surface area contributed by atoms with Gasteiger partial charge < -0.3 is 20.5 Å². The van der Waals surface area contributed by atoms with E-state index < -0.39 is 5.40 Å². The van der Waals surface area contributed by atoms with E-state index in [0.717, 1.165) is 29.8 Å². The summed E-state index contributed by atoms with van der Waals surface area (Å²) in [6.45, 7) is 3.95. The molecule has 0 saturated carbocycles. The molecule has 0 radical (unpaired) electrons. The molecule has 3 rings (SSSR count). The Morgan fingerprint density at radius 2 is 2.14 bits per heavy atom. The molecule has 2 aliphatic rings. The van der Waals surface area contributed by atoms with Gasteiger partial charge in [0.1, 0.15) is 22.3 Å². The van der Waals surface area contributed by atoms with E-state index in [0.29, 0.717) is 12.2 Å². The molecule has 0 aliphatic carbocycles. The smallest absolute Gasteiger partial charge is 0.338 e. The second kappa shape index (κ2) is 5.16. The highest BCUT2D eigenvalue weighted by Crippen LogP contribution is 2.30. The van der Waals surface area contributed by atoms with Crippen molar-refractivity contribution in [3.05, 3.63) is 34.4 Å². The van der Waals surface area contributed by atoms with Crippen LogP contribution in [-0.2, 0) is 11.3 Å². The lowest BCUT2D eigenvalue weighted by Gasteiger charge is -2.39. The molecule has 1 aromatic rings. The quantitative estimate of drug-likeness (QED) is 0.441. The van der Waals surface area contributed by atoms with Gasteiger partial charge in [-0.05, 0) is 24.1 Å². The molecule has 21 heavy (non-hydrogen) atoms. The highest BCUT2D eigenvalue weighted by molar-refractivity contribution is 6.39. The third-order valence-corrected chi connectivity index (χ3v) is 4.54. The largest absolute Gasteiger partial charge is 0.457 e. The predicted molar refractivity (Wildman–Crippen MR) is 84.9 cm³/mol. The van der Waals surface area contributed by atoms with E-state index in [-0.39, 0.29) is 18.1 Å². The van der Waals surface area contributed by atoms with E-state index in [9.17, 15) is 9.90 Å². The summed E-state index contributed by atoms with van der Waals surface area (Å²) in [4.78, 5) is 11.6. The van der Waals surface area contributed by atoms with Crippen molar-refractivity contribution in [2.45, 2.75) is 31.0 Å². The number of carbonyl (C=O) groups is 1. The first-order valence-corrected chi connectivity index (χ1v) is 7.36. The zero-order valence-electron chi connectivity index (χ0n) is 12.7. The first-order valence-electron chi connectivity index (χ1n) is 7.36. The Hall–Kier alpha value is -1.30. The number of ether oxygens (including phenoxy) is 1. The molecule has 1 fully saturated rings. The Kier molecular flexibility index (Phi) is 3.59. The van der Waals surface area contributed by atoms with Gasteiger partial charge in [-0.15, -0.1) is 0 Å². The van der Waals surface area contributed by atoms with Crippen molar-refractivity contribution in [3.63, 3.8) is 0 Å². The maximum absolute atomic E-state index is 11.6. The summed E-state index contributed by atoms with van der Waals surface area (Å²) < 4.78 is 5.11. The van der Waals surface area contributed by atoms with Gasteiger partial charge in [-0.2, -0.15) is 0 Å². The zero-order valence-corrected chi connectivity index (χ0v) is 12.7. The van der Waals surface area contributed by atoms with Gasteiger partial charge in [-0.3, -0.25) is 0 Å². The standard InChI is InChI=1S/C14H20B2N2O3/c1-7-8(2-3-9-10(7)6-21-13(9)19)11-4-17-5-12(18-11)14(15,16)20/h2-3,11-12,17-18,20H,4-6,15-16H2,1H3. The highest BCUT2D eigenvalue weighted by atomic mass is 16.5. The molecule has 3 N–H and O–H groups in total. The summed E-state index contributed by atoms with van der Waals surface area (Å²) >= 11 is 0. The van der Waals surface area contributed by atoms with Crippen LogP contribution in [0.1, 0.15) is 33.1 Å². The van der Waals surface area contributed by atoms with Crippen molar-refractivity contribution in [3.8, 4) is 0 Å². The number of fused-ring (bicyclic) bond motifs is 1. The number of esters is 1. The lowest BCUT2D eigenvalue weighted by Crippen LogP contribution is -2.62. The number of hydrogen-bond acceptors (Lipinski definition) is 5. The lowest BCUT2D eigenvalue weighted by atomic mass is 9.60. The fourth-order valence-electron chi connectivity index (χ4n) is 3.13. The zero-order chi connectivity index (χ0) is 15.2. The van der Waals surface area contributed by atoms with Gasteiger partial charge in [0.15, 0.2) is 0 Å². The maximum Gasteiger partial charge on any atom is 0.338 e. The average Bonchev–Trinajstić information content (AvgIpc) is 2.81. The topological polar surface area (TPSA) is 70.6 Å². The van der Waals surface area contributed by atoms with Crippen LogP contribution in [0.5, 0.6) is 0 Å². The molecule has 7 heteroatoms. The van der Waals surface area contributed by atoms with Crippen molar-refractivity contribution in [1.29, 1.82) is 0 Å². The van der Waals surface area contributed by atoms with Crippen LogP contribution in [0.25, 0.3) is 0 Å². The summed E-state index contributed by atoms with van der Waals surface area (Å²) in [6, 6.07) is 3.95. The Morgan fingerprint density at radius 3 is 2.86 bits per heavy atom. The Bertz CT molecular complexity index is 586. The number of hydrogen-bond donors (Lipinski definition) is 3. The van der Waals surface area contributed by atoms with Crippen LogP contribution in [0.2, 0.25) is 0 Å². The van der Waals surface area contributed by atoms with Crippen molar-refractivity contribution in [1.82, 2.24) is 10.6 Å². The number of piperazine rings is 1. The van der Waals surface area contributed by atoms with Crippen LogP contribution in [0.15, 0.2) is 12.1 Å². The van der Waals surface area contributed by atoms with E-state index in [4.69, 9.17) is 4.74 Å². The molecular formula is C14H20B2N2O3. The van der Waals surface area contributed by atoms with Crippen LogP contribution >= 0.6 is 0 Å². The van der Waals surface area contributed by atoms with Gasteiger partial charge in [0.25, 0.3) is 0 Å². The number of nitrogens with one attached hydrogen (secondary N) is 2. The molecular weight excluding hydrogens is 266 g/mol. The van der Waals surface area contributed by atoms with E-state index in [1.54, 1.807) is 0 Å². The van der Waals surface area contributed by atoms with Crippen LogP contribution in [0.3, 0.4) is 0 Å². The fraction of sp³-hybridized carbons (Fsp3) is 0.500. The van der Waals surface area contributed by atoms with E-state index in [2.05, 4.69) is 10.6 Å². The first kappa shape index (κ1) is 14.6. The Morgan fingerprint density at radius 1 is 1.38 bits per heavy atom. The predicted octanol–water partition coefficient (Wildman–Crippen LogP) is -1.82. The second-order valence-corrected chi connectivity index (χ2v) is 6.47. The number of benzene rings is 1. The maximum atomic E-state index is 11.6. The fourth-order valence-corrected chi connectivity index (χ4v) is 3.13. The molecule has 1 aromatic carbocycles. The van der Waals surface area contributed by atoms with Gasteiger partial charge in [-0.1, -0.05) is 6.07 Å². The SMILES string of the molecule is BC(B)(O)C1CNCC(c2ccc3c(c2C)COC3=O)N1. The summed E-state index contributed by atoms with van der Waals surface area (Å²) in [5, 5.41) is 16.3. The van der Waals surface area contributed by atoms with E-state index in [1.807, 2.05) is 34.7 Å². The van der Waals surface area contributed by atoms with Crippen LogP contribution < -0.4 is 10.6 Å². The molecule has 1 saturated heterocycles. The van der Waals surface area contributed by atoms with Crippen LogP contribution in [0, 0.1) is 6.92 Å². The van der Waals surface area contributed by atoms with Crippen molar-refractivity contribution in [2.75, 3.05) is 13.1 Å². The van der Waals surface area contributed by atoms with Gasteiger partial charge >= 0.3 is 5.97 Å². The van der Waals surface area contributed by atoms with Crippen molar-refractivity contribution < 1.29 is 14.6 Å². The normalized spacial score (nSPS) is 25.5. The van der Waals surface area contributed by atoms with Crippen LogP contribution in [-0.4, -0.2) is 51.3 Å². The van der Waals surface area contributed by atoms with Gasteiger partial charge in [0.05, 0.1) is 5.56 Å². The van der Waals surface area contributed by atoms with Crippen molar-refractivity contribution in [2.24, 2.45) is 0 Å². The monoisotopic (exact) mass is 286 g/mol. The molecule has 0 amide bonds. The minimum absolute atomic E-state index is 0.0122. The lowest BCUT2D eigenvalue weighted by molar-refractivity contribution is 0.0535. The van der Waals surface area contributed by atoms with Crippen LogP contribution in [0.4, 0.5) is 0 Å². The molecule has 2 heterocycles. The molecule has 2 atom stereocenters. The Labute approximate surface area is 126 Å². The molecule has 0 spiro atoms. The Balaban J connectivity index is 1.89. The molecule has 0 bridgehead atoms. The number of cyclic esters (lactones) is 1. The minimum Gasteiger partial charge on any atom is -0.457 e. The number of aliphatic hydroxyl groups is 1. The summed E-state index contributed by atoms with van der Waals surface area (Å²) in [5.74, 6) is -0.233. The first-order chi connectivity index (χ1) is 9.88. The van der Waals surface area contributed by atoms with E-state index in [1.165, 1.54) is 0 Å². The van der Waals surface area contributed by atoms with Gasteiger partial charge in [0.2, 0.25) is 0 Å². The molecule has 0 aromatic heterocycles. The third-order valence-electron chi connectivity index (χ3n) is 4.54. The minimum atomic E-state index is -0.782. The molecule has 2 aliphatic heterocycles. The number of rotatable bonds is 2. The summed E-state index contributed by atoms with van der Waals surface area (Å²) in [5.41, 5.74) is 3.94. The van der Waals surface area contributed by atoms with Gasteiger partial charge in [0, 0.05) is 36.1 Å². The molecule has 110 valence electrons. The summed E-state index contributed by atoms with van der Waals surface area (Å²) in [7, 11) is 3.63. The molecule has 2 unspecified atom stereocenters. The highest BCUT2D eigenvalue weighted by Gasteiger charge is 2.33. The average molecular weight is 286 g/mol. The van der Waals surface area contributed by atoms with E-state index >= 15 is 0 Å².